The molecule has 3 aliphatic rings. The van der Waals surface area contributed by atoms with Gasteiger partial charge in [-0.05, 0) is 55.5 Å². The number of anilines is 2. The van der Waals surface area contributed by atoms with Gasteiger partial charge in [-0.25, -0.2) is 9.80 Å². The first-order valence-corrected chi connectivity index (χ1v) is 15.9. The van der Waals surface area contributed by atoms with E-state index >= 15 is 0 Å². The van der Waals surface area contributed by atoms with E-state index in [2.05, 4.69) is 10.6 Å². The highest BCUT2D eigenvalue weighted by Gasteiger charge is 2.30. The van der Waals surface area contributed by atoms with Gasteiger partial charge in [0.05, 0.1) is 17.2 Å². The number of rotatable bonds is 10. The number of nitrogens with one attached hydrogen (secondary N) is 2. The van der Waals surface area contributed by atoms with Gasteiger partial charge in [0.25, 0.3) is 0 Å². The first kappa shape index (κ1) is 29.8. The van der Waals surface area contributed by atoms with Crippen molar-refractivity contribution >= 4 is 52.5 Å². The number of Topliss-reactive ketones (excluding diaryl/α,β-unsaturated/α-hetero) is 1. The third-order valence-corrected chi connectivity index (χ3v) is 9.25. The number of carboxylic acids is 1. The van der Waals surface area contributed by atoms with Crippen molar-refractivity contribution in [1.29, 1.82) is 0 Å². The molecule has 0 unspecified atom stereocenters. The lowest BCUT2D eigenvalue weighted by Gasteiger charge is -2.24. The normalized spacial score (nSPS) is 18.0. The minimum absolute atomic E-state index is 0.0823. The summed E-state index contributed by atoms with van der Waals surface area (Å²) in [6.07, 6.45) is 11.0. The van der Waals surface area contributed by atoms with Gasteiger partial charge in [-0.1, -0.05) is 56.7 Å². The number of carbonyl (C=O) groups is 4. The minimum Gasteiger partial charge on any atom is -0.481 e. The largest absolute Gasteiger partial charge is 0.481 e. The summed E-state index contributed by atoms with van der Waals surface area (Å²) in [6, 6.07) is 12.3. The van der Waals surface area contributed by atoms with Crippen LogP contribution in [-0.4, -0.2) is 51.8 Å². The van der Waals surface area contributed by atoms with Crippen LogP contribution in [0.5, 0.6) is 0 Å². The molecule has 3 N–H and O–H groups in total. The van der Waals surface area contributed by atoms with Crippen molar-refractivity contribution in [3.63, 3.8) is 0 Å². The number of hydrazone groups is 1. The van der Waals surface area contributed by atoms with Crippen LogP contribution in [0.3, 0.4) is 0 Å². The molecular formula is C32H38N4O5S. The Morgan fingerprint density at radius 2 is 1.71 bits per heavy atom. The minimum atomic E-state index is -0.919. The summed E-state index contributed by atoms with van der Waals surface area (Å²) >= 11 is 1.16. The standard InChI is InChI=1S/C32H38N4O5S/c37-28(22-8-3-1-4-9-22)17-21-14-15-26-27(16-21)34-32(41)36(35-31(26)23-10-5-2-6-11-23)19-29(38)33-24-12-7-13-25(18-24)42-20-30(39)40/h7,12-16,18,22-23H,1-6,8-11,17,19-20H2,(H,33,38)(H,34,41)(H,39,40). The molecule has 0 saturated heterocycles. The van der Waals surface area contributed by atoms with Crippen LogP contribution >= 0.6 is 11.8 Å². The highest BCUT2D eigenvalue weighted by atomic mass is 32.2. The second kappa shape index (κ2) is 14.0. The van der Waals surface area contributed by atoms with E-state index in [1.165, 1.54) is 17.9 Å². The molecule has 0 aromatic heterocycles. The SMILES string of the molecule is O=C(O)CSc1cccc(NC(=O)CN2N=C(C3CCCCC3)c3ccc(CC(=O)C4CCCCC4)cc3NC2=O)c1. The number of fused-ring (bicyclic) bond motifs is 1. The zero-order valence-electron chi connectivity index (χ0n) is 23.8. The number of nitrogens with zero attached hydrogens (tertiary/aromatic N) is 2. The molecule has 222 valence electrons. The van der Waals surface area contributed by atoms with Gasteiger partial charge in [-0.3, -0.25) is 14.4 Å². The number of aliphatic carboxylic acids is 1. The highest BCUT2D eigenvalue weighted by molar-refractivity contribution is 8.00. The molecular weight excluding hydrogens is 552 g/mol. The maximum Gasteiger partial charge on any atom is 0.342 e. The number of hydrogen-bond acceptors (Lipinski definition) is 6. The molecule has 42 heavy (non-hydrogen) atoms. The van der Waals surface area contributed by atoms with Crippen LogP contribution in [0.2, 0.25) is 0 Å². The fourth-order valence-corrected chi connectivity index (χ4v) is 6.81. The van der Waals surface area contributed by atoms with Gasteiger partial charge in [0.1, 0.15) is 12.3 Å². The fraction of sp³-hybridized carbons (Fsp3) is 0.469. The van der Waals surface area contributed by atoms with Crippen molar-refractivity contribution in [2.75, 3.05) is 22.9 Å². The van der Waals surface area contributed by atoms with Crippen LogP contribution in [0.25, 0.3) is 0 Å². The third kappa shape index (κ3) is 7.79. The molecule has 2 fully saturated rings. The van der Waals surface area contributed by atoms with Crippen molar-refractivity contribution in [2.24, 2.45) is 16.9 Å². The van der Waals surface area contributed by atoms with Gasteiger partial charge in [0.15, 0.2) is 0 Å². The Morgan fingerprint density at radius 1 is 0.976 bits per heavy atom. The number of hydrogen-bond donors (Lipinski definition) is 3. The Morgan fingerprint density at radius 3 is 2.45 bits per heavy atom. The van der Waals surface area contributed by atoms with Crippen molar-refractivity contribution in [2.45, 2.75) is 75.5 Å². The fourth-order valence-electron chi connectivity index (χ4n) is 6.14. The molecule has 0 atom stereocenters. The molecule has 9 nitrogen and oxygen atoms in total. The summed E-state index contributed by atoms with van der Waals surface area (Å²) in [5, 5.41) is 20.7. The Hall–Kier alpha value is -3.66. The predicted octanol–water partition coefficient (Wildman–Crippen LogP) is 6.33. The Kier molecular flexibility index (Phi) is 9.94. The van der Waals surface area contributed by atoms with Crippen LogP contribution in [0.15, 0.2) is 52.5 Å². The maximum atomic E-state index is 13.4. The molecule has 5 rings (SSSR count). The number of ketones is 1. The van der Waals surface area contributed by atoms with Crippen LogP contribution in [0.4, 0.5) is 16.2 Å². The average Bonchev–Trinajstić information content (AvgIpc) is 3.12. The second-order valence-corrected chi connectivity index (χ2v) is 12.5. The summed E-state index contributed by atoms with van der Waals surface area (Å²) in [5.74, 6) is -0.856. The van der Waals surface area contributed by atoms with E-state index in [1.807, 2.05) is 18.2 Å². The molecule has 0 bridgehead atoms. The van der Waals surface area contributed by atoms with Crippen molar-refractivity contribution in [3.05, 3.63) is 53.6 Å². The summed E-state index contributed by atoms with van der Waals surface area (Å²) in [4.78, 5) is 51.1. The lowest BCUT2D eigenvalue weighted by atomic mass is 9.82. The Labute approximate surface area is 250 Å². The topological polar surface area (TPSA) is 128 Å². The number of amides is 3. The number of carbonyl (C=O) groups excluding carboxylic acids is 3. The van der Waals surface area contributed by atoms with Crippen LogP contribution in [0.1, 0.15) is 75.3 Å². The quantitative estimate of drug-likeness (QED) is 0.278. The molecule has 10 heteroatoms. The van der Waals surface area contributed by atoms with Crippen molar-refractivity contribution in [1.82, 2.24) is 5.01 Å². The Balaban J connectivity index is 1.33. The predicted molar refractivity (Wildman–Crippen MR) is 164 cm³/mol. The first-order valence-electron chi connectivity index (χ1n) is 14.9. The van der Waals surface area contributed by atoms with Crippen LogP contribution in [-0.2, 0) is 20.8 Å². The van der Waals surface area contributed by atoms with E-state index in [0.717, 1.165) is 80.0 Å². The van der Waals surface area contributed by atoms with E-state index in [-0.39, 0.29) is 29.9 Å². The van der Waals surface area contributed by atoms with Gasteiger partial charge in [-0.15, -0.1) is 11.8 Å². The van der Waals surface area contributed by atoms with E-state index in [9.17, 15) is 19.2 Å². The number of benzene rings is 2. The lowest BCUT2D eigenvalue weighted by molar-refractivity contribution is -0.134. The van der Waals surface area contributed by atoms with Crippen LogP contribution in [0, 0.1) is 11.8 Å². The molecule has 2 aromatic rings. The molecule has 0 spiro atoms. The number of urea groups is 1. The first-order chi connectivity index (χ1) is 20.4. The summed E-state index contributed by atoms with van der Waals surface area (Å²) in [7, 11) is 0. The number of carboxylic acid groups (broad SMARTS) is 1. The maximum absolute atomic E-state index is 13.4. The molecule has 3 amide bonds. The van der Waals surface area contributed by atoms with Gasteiger partial charge in [0, 0.05) is 34.4 Å². The van der Waals surface area contributed by atoms with E-state index in [1.54, 1.807) is 24.3 Å². The van der Waals surface area contributed by atoms with Gasteiger partial charge in [-0.2, -0.15) is 5.10 Å². The molecule has 1 aliphatic heterocycles. The lowest BCUT2D eigenvalue weighted by Crippen LogP contribution is -2.37. The van der Waals surface area contributed by atoms with E-state index < -0.39 is 17.9 Å². The van der Waals surface area contributed by atoms with E-state index in [4.69, 9.17) is 10.2 Å². The second-order valence-electron chi connectivity index (χ2n) is 11.4. The van der Waals surface area contributed by atoms with Gasteiger partial charge < -0.3 is 15.7 Å². The van der Waals surface area contributed by atoms with E-state index in [0.29, 0.717) is 22.7 Å². The summed E-state index contributed by atoms with van der Waals surface area (Å²) in [5.41, 5.74) is 3.66. The van der Waals surface area contributed by atoms with Gasteiger partial charge >= 0.3 is 12.0 Å². The van der Waals surface area contributed by atoms with Crippen molar-refractivity contribution in [3.8, 4) is 0 Å². The molecule has 2 saturated carbocycles. The third-order valence-electron chi connectivity index (χ3n) is 8.27. The summed E-state index contributed by atoms with van der Waals surface area (Å²) < 4.78 is 0. The molecule has 2 aliphatic carbocycles. The van der Waals surface area contributed by atoms with Crippen LogP contribution < -0.4 is 10.6 Å². The molecule has 0 radical (unpaired) electrons. The smallest absolute Gasteiger partial charge is 0.342 e. The average molecular weight is 591 g/mol. The van der Waals surface area contributed by atoms with Gasteiger partial charge in [0.2, 0.25) is 5.91 Å². The molecule has 1 heterocycles. The summed E-state index contributed by atoms with van der Waals surface area (Å²) in [6.45, 7) is -0.282. The monoisotopic (exact) mass is 590 g/mol. The Bertz CT molecular complexity index is 1360. The van der Waals surface area contributed by atoms with Crippen molar-refractivity contribution < 1.29 is 24.3 Å². The zero-order chi connectivity index (χ0) is 29.5. The highest BCUT2D eigenvalue weighted by Crippen LogP contribution is 2.33. The zero-order valence-corrected chi connectivity index (χ0v) is 24.6. The molecule has 2 aromatic carbocycles. The number of thioether (sulfide) groups is 1.